The van der Waals surface area contributed by atoms with Gasteiger partial charge in [-0.15, -0.1) is 0 Å². The van der Waals surface area contributed by atoms with Crippen molar-refractivity contribution < 1.29 is 4.74 Å². The summed E-state index contributed by atoms with van der Waals surface area (Å²) in [6.07, 6.45) is 2.22. The number of H-pyrrole nitrogens is 1. The van der Waals surface area contributed by atoms with Crippen molar-refractivity contribution in [3.05, 3.63) is 40.4 Å². The van der Waals surface area contributed by atoms with Crippen molar-refractivity contribution in [1.82, 2.24) is 9.97 Å². The van der Waals surface area contributed by atoms with Crippen LogP contribution in [-0.4, -0.2) is 30.2 Å². The monoisotopic (exact) mass is 430 g/mol. The van der Waals surface area contributed by atoms with Gasteiger partial charge in [-0.05, 0) is 49.6 Å². The van der Waals surface area contributed by atoms with Gasteiger partial charge in [-0.1, -0.05) is 35.8 Å². The molecule has 27 heavy (non-hydrogen) atoms. The molecule has 0 radical (unpaired) electrons. The number of rotatable bonds is 8. The third-order valence-corrected chi connectivity index (χ3v) is 5.00. The Morgan fingerprint density at radius 1 is 1.19 bits per heavy atom. The van der Waals surface area contributed by atoms with Gasteiger partial charge >= 0.3 is 0 Å². The lowest BCUT2D eigenvalue weighted by molar-refractivity contribution is 0.416. The van der Waals surface area contributed by atoms with Crippen LogP contribution in [0, 0.1) is 6.92 Å². The molecule has 6 heteroatoms. The van der Waals surface area contributed by atoms with E-state index >= 15 is 0 Å². The van der Waals surface area contributed by atoms with E-state index in [0.717, 1.165) is 58.4 Å². The Balaban J connectivity index is 2.00. The number of nitrogens with one attached hydrogen (secondary N) is 2. The molecule has 0 aliphatic carbocycles. The van der Waals surface area contributed by atoms with Crippen molar-refractivity contribution in [3.63, 3.8) is 0 Å². The Bertz CT molecular complexity index is 916. The molecule has 0 aliphatic heterocycles. The first-order valence-electron chi connectivity index (χ1n) is 9.42. The van der Waals surface area contributed by atoms with E-state index in [1.807, 2.05) is 13.0 Å². The van der Waals surface area contributed by atoms with Gasteiger partial charge < -0.3 is 19.9 Å². The maximum atomic E-state index is 5.54. The van der Waals surface area contributed by atoms with Crippen LogP contribution in [0.4, 0.5) is 17.3 Å². The van der Waals surface area contributed by atoms with E-state index in [1.165, 1.54) is 5.69 Å². The summed E-state index contributed by atoms with van der Waals surface area (Å²) in [5.74, 6) is 1.50. The van der Waals surface area contributed by atoms with Crippen molar-refractivity contribution in [1.29, 1.82) is 0 Å². The van der Waals surface area contributed by atoms with Gasteiger partial charge in [-0.2, -0.15) is 0 Å². The Labute approximate surface area is 169 Å². The molecular formula is C21H27BrN4O. The first kappa shape index (κ1) is 19.5. The van der Waals surface area contributed by atoms with Crippen LogP contribution in [0.3, 0.4) is 0 Å². The third kappa shape index (κ3) is 4.21. The van der Waals surface area contributed by atoms with Crippen molar-refractivity contribution in [2.24, 2.45) is 0 Å². The summed E-state index contributed by atoms with van der Waals surface area (Å²) < 4.78 is 6.53. The number of nitrogens with zero attached hydrogens (tertiary/aromatic N) is 2. The minimum Gasteiger partial charge on any atom is -0.495 e. The minimum absolute atomic E-state index is 0.717. The zero-order chi connectivity index (χ0) is 19.4. The fourth-order valence-corrected chi connectivity index (χ4v) is 3.93. The molecule has 1 heterocycles. The lowest BCUT2D eigenvalue weighted by Crippen LogP contribution is -2.25. The molecule has 5 nitrogen and oxygen atoms in total. The number of hydrogen-bond acceptors (Lipinski definition) is 4. The van der Waals surface area contributed by atoms with E-state index in [1.54, 1.807) is 7.11 Å². The highest BCUT2D eigenvalue weighted by atomic mass is 79.9. The number of aromatic amines is 1. The second-order valence-corrected chi connectivity index (χ2v) is 7.59. The first-order valence-corrected chi connectivity index (χ1v) is 10.2. The number of halogens is 1. The molecule has 0 fully saturated rings. The molecule has 0 unspecified atom stereocenters. The van der Waals surface area contributed by atoms with Crippen molar-refractivity contribution in [2.75, 3.05) is 30.4 Å². The normalized spacial score (nSPS) is 11.0. The van der Waals surface area contributed by atoms with E-state index in [2.05, 4.69) is 69.2 Å². The topological polar surface area (TPSA) is 53.2 Å². The maximum Gasteiger partial charge on any atom is 0.205 e. The summed E-state index contributed by atoms with van der Waals surface area (Å²) >= 11 is 3.52. The van der Waals surface area contributed by atoms with E-state index < -0.39 is 0 Å². The maximum absolute atomic E-state index is 5.54. The number of hydrogen-bond donors (Lipinski definition) is 2. The highest BCUT2D eigenvalue weighted by Gasteiger charge is 2.15. The molecule has 1 aromatic heterocycles. The molecule has 3 aromatic rings. The molecule has 0 saturated heterocycles. The Morgan fingerprint density at radius 3 is 2.59 bits per heavy atom. The highest BCUT2D eigenvalue weighted by molar-refractivity contribution is 9.10. The summed E-state index contributed by atoms with van der Waals surface area (Å²) in [4.78, 5) is 10.7. The zero-order valence-electron chi connectivity index (χ0n) is 16.4. The number of para-hydroxylation sites is 1. The molecule has 0 bridgehead atoms. The highest BCUT2D eigenvalue weighted by Crippen LogP contribution is 2.35. The van der Waals surface area contributed by atoms with Gasteiger partial charge in [-0.25, -0.2) is 4.98 Å². The van der Waals surface area contributed by atoms with Crippen molar-refractivity contribution >= 4 is 44.3 Å². The molecule has 3 rings (SSSR count). The average Bonchev–Trinajstić information content (AvgIpc) is 3.06. The minimum atomic E-state index is 0.717. The van der Waals surface area contributed by atoms with Crippen LogP contribution in [0.15, 0.2) is 34.8 Å². The first-order chi connectivity index (χ1) is 13.1. The standard InChI is InChI=1S/C21H27BrN4O/c1-5-10-26(11-6-2)17-9-7-8-16-20(17)25-21(23-16)24-19-14(3)12-15(22)13-18(19)27-4/h7-9,12-13H,5-6,10-11H2,1-4H3,(H2,23,24,25). The summed E-state index contributed by atoms with van der Waals surface area (Å²) in [5.41, 5.74) is 5.21. The van der Waals surface area contributed by atoms with E-state index in [4.69, 9.17) is 9.72 Å². The number of anilines is 3. The van der Waals surface area contributed by atoms with Gasteiger partial charge in [0, 0.05) is 17.6 Å². The number of aromatic nitrogens is 2. The van der Waals surface area contributed by atoms with Gasteiger partial charge in [0.1, 0.15) is 11.3 Å². The zero-order valence-corrected chi connectivity index (χ0v) is 18.0. The molecular weight excluding hydrogens is 404 g/mol. The number of benzene rings is 2. The fourth-order valence-electron chi connectivity index (χ4n) is 3.38. The summed E-state index contributed by atoms with van der Waals surface area (Å²) in [6, 6.07) is 10.3. The van der Waals surface area contributed by atoms with Gasteiger partial charge in [0.05, 0.1) is 24.0 Å². The summed E-state index contributed by atoms with van der Waals surface area (Å²) in [7, 11) is 1.68. The molecule has 0 amide bonds. The van der Waals surface area contributed by atoms with Gasteiger partial charge in [0.15, 0.2) is 0 Å². The number of imidazole rings is 1. The lowest BCUT2D eigenvalue weighted by atomic mass is 10.2. The quantitative estimate of drug-likeness (QED) is 0.459. The summed E-state index contributed by atoms with van der Waals surface area (Å²) in [5, 5.41) is 3.41. The van der Waals surface area contributed by atoms with Crippen LogP contribution in [0.25, 0.3) is 11.0 Å². The van der Waals surface area contributed by atoms with E-state index in [9.17, 15) is 0 Å². The fraction of sp³-hybridized carbons (Fsp3) is 0.381. The van der Waals surface area contributed by atoms with E-state index in [0.29, 0.717) is 5.95 Å². The number of methoxy groups -OCH3 is 1. The second-order valence-electron chi connectivity index (χ2n) is 6.67. The molecule has 0 aliphatic rings. The number of ether oxygens (including phenoxy) is 1. The van der Waals surface area contributed by atoms with Crippen molar-refractivity contribution in [3.8, 4) is 5.75 Å². The van der Waals surface area contributed by atoms with Gasteiger partial charge in [0.25, 0.3) is 0 Å². The Morgan fingerprint density at radius 2 is 1.93 bits per heavy atom. The van der Waals surface area contributed by atoms with Crippen LogP contribution >= 0.6 is 15.9 Å². The molecule has 0 atom stereocenters. The van der Waals surface area contributed by atoms with Crippen LogP contribution in [-0.2, 0) is 0 Å². The van der Waals surface area contributed by atoms with Crippen LogP contribution < -0.4 is 15.0 Å². The van der Waals surface area contributed by atoms with Gasteiger partial charge in [-0.3, -0.25) is 0 Å². The molecule has 2 N–H and O–H groups in total. The second kappa shape index (κ2) is 8.65. The molecule has 0 spiro atoms. The molecule has 144 valence electrons. The molecule has 2 aromatic carbocycles. The van der Waals surface area contributed by atoms with Crippen LogP contribution in [0.1, 0.15) is 32.3 Å². The van der Waals surface area contributed by atoms with Crippen LogP contribution in [0.2, 0.25) is 0 Å². The largest absolute Gasteiger partial charge is 0.495 e. The lowest BCUT2D eigenvalue weighted by Gasteiger charge is -2.23. The SMILES string of the molecule is CCCN(CCC)c1cccc2[nH]c(Nc3c(C)cc(Br)cc3OC)nc12. The number of fused-ring (bicyclic) bond motifs is 1. The number of aryl methyl sites for hydroxylation is 1. The summed E-state index contributed by atoms with van der Waals surface area (Å²) in [6.45, 7) is 8.53. The molecule has 0 saturated carbocycles. The van der Waals surface area contributed by atoms with E-state index in [-0.39, 0.29) is 0 Å². The average molecular weight is 431 g/mol. The predicted octanol–water partition coefficient (Wildman–Crippen LogP) is 6.01. The Kier molecular flexibility index (Phi) is 6.26. The van der Waals surface area contributed by atoms with Crippen LogP contribution in [0.5, 0.6) is 5.75 Å². The van der Waals surface area contributed by atoms with Crippen molar-refractivity contribution in [2.45, 2.75) is 33.6 Å². The third-order valence-electron chi connectivity index (χ3n) is 4.55. The predicted molar refractivity (Wildman–Crippen MR) is 118 cm³/mol. The Hall–Kier alpha value is -2.21. The van der Waals surface area contributed by atoms with Gasteiger partial charge in [0.2, 0.25) is 5.95 Å². The smallest absolute Gasteiger partial charge is 0.205 e.